The van der Waals surface area contributed by atoms with Crippen molar-refractivity contribution in [1.82, 2.24) is 20.4 Å². The molecule has 1 N–H and O–H groups in total. The van der Waals surface area contributed by atoms with Crippen LogP contribution >= 0.6 is 0 Å². The first-order chi connectivity index (χ1) is 14.2. The van der Waals surface area contributed by atoms with Gasteiger partial charge in [0.25, 0.3) is 0 Å². The van der Waals surface area contributed by atoms with Gasteiger partial charge in [-0.3, -0.25) is 0 Å². The number of aromatic nitrogens is 2. The lowest BCUT2D eigenvalue weighted by Gasteiger charge is -2.37. The van der Waals surface area contributed by atoms with Crippen LogP contribution in [0.4, 0.5) is 10.6 Å². The minimum Gasteiger partial charge on any atom is -0.486 e. The van der Waals surface area contributed by atoms with Crippen molar-refractivity contribution in [2.45, 2.75) is 25.3 Å². The molecule has 1 aromatic carbocycles. The van der Waals surface area contributed by atoms with Gasteiger partial charge in [0.05, 0.1) is 6.04 Å². The summed E-state index contributed by atoms with van der Waals surface area (Å²) in [6, 6.07) is 9.89. The Bertz CT molecular complexity index is 832. The van der Waals surface area contributed by atoms with Gasteiger partial charge in [0.2, 0.25) is 0 Å². The van der Waals surface area contributed by atoms with E-state index in [2.05, 4.69) is 20.4 Å². The zero-order valence-electron chi connectivity index (χ0n) is 16.7. The number of carbonyl (C=O) groups excluding carboxylic acids is 1. The number of benzene rings is 1. The third-order valence-corrected chi connectivity index (χ3v) is 5.44. The summed E-state index contributed by atoms with van der Waals surface area (Å²) in [5.41, 5.74) is 1.11. The van der Waals surface area contributed by atoms with Crippen molar-refractivity contribution in [2.75, 3.05) is 44.8 Å². The second-order valence-corrected chi connectivity index (χ2v) is 7.39. The number of piperidine rings is 1. The molecule has 1 saturated heterocycles. The molecule has 0 aliphatic carbocycles. The Kier molecular flexibility index (Phi) is 5.97. The lowest BCUT2D eigenvalue weighted by Crippen LogP contribution is -2.51. The van der Waals surface area contributed by atoms with Crippen LogP contribution in [-0.2, 0) is 6.42 Å². The van der Waals surface area contributed by atoms with Gasteiger partial charge in [-0.05, 0) is 49.1 Å². The molecule has 154 valence electrons. The van der Waals surface area contributed by atoms with Crippen LogP contribution in [0.2, 0.25) is 0 Å². The number of nitrogens with one attached hydrogen (secondary N) is 1. The number of amides is 2. The Morgan fingerprint density at radius 3 is 2.97 bits per heavy atom. The van der Waals surface area contributed by atoms with Crippen LogP contribution in [0.3, 0.4) is 0 Å². The maximum absolute atomic E-state index is 12.6. The van der Waals surface area contributed by atoms with Crippen LogP contribution in [0.5, 0.6) is 11.5 Å². The highest BCUT2D eigenvalue weighted by Gasteiger charge is 2.26. The van der Waals surface area contributed by atoms with Crippen LogP contribution in [0.15, 0.2) is 36.5 Å². The number of ether oxygens (including phenoxy) is 2. The molecule has 1 fully saturated rings. The van der Waals surface area contributed by atoms with Gasteiger partial charge in [-0.1, -0.05) is 6.07 Å². The van der Waals surface area contributed by atoms with E-state index in [9.17, 15) is 4.79 Å². The fourth-order valence-corrected chi connectivity index (χ4v) is 3.79. The largest absolute Gasteiger partial charge is 0.486 e. The third kappa shape index (κ3) is 4.70. The average molecular weight is 397 g/mol. The van der Waals surface area contributed by atoms with Crippen molar-refractivity contribution >= 4 is 11.8 Å². The second-order valence-electron chi connectivity index (χ2n) is 7.39. The molecule has 0 radical (unpaired) electrons. The van der Waals surface area contributed by atoms with E-state index in [1.165, 1.54) is 0 Å². The summed E-state index contributed by atoms with van der Waals surface area (Å²) in [7, 11) is 1.87. The average Bonchev–Trinajstić information content (AvgIpc) is 2.79. The molecule has 2 aromatic rings. The Morgan fingerprint density at radius 2 is 2.14 bits per heavy atom. The Hall–Kier alpha value is -3.03. The summed E-state index contributed by atoms with van der Waals surface area (Å²) in [6.45, 7) is 3.44. The van der Waals surface area contributed by atoms with Gasteiger partial charge in [0.15, 0.2) is 17.3 Å². The maximum atomic E-state index is 12.6. The minimum absolute atomic E-state index is 0.0476. The van der Waals surface area contributed by atoms with Gasteiger partial charge in [0.1, 0.15) is 13.2 Å². The van der Waals surface area contributed by atoms with Crippen LogP contribution in [0.25, 0.3) is 0 Å². The van der Waals surface area contributed by atoms with Crippen molar-refractivity contribution < 1.29 is 14.3 Å². The smallest absolute Gasteiger partial charge is 0.317 e. The number of urea groups is 1. The van der Waals surface area contributed by atoms with Gasteiger partial charge >= 0.3 is 6.03 Å². The molecule has 0 saturated carbocycles. The molecule has 3 heterocycles. The van der Waals surface area contributed by atoms with E-state index in [1.54, 1.807) is 6.20 Å². The highest BCUT2D eigenvalue weighted by Crippen LogP contribution is 2.30. The number of rotatable bonds is 5. The van der Waals surface area contributed by atoms with Gasteiger partial charge in [-0.25, -0.2) is 4.79 Å². The second kappa shape index (κ2) is 8.98. The zero-order valence-corrected chi connectivity index (χ0v) is 16.7. The van der Waals surface area contributed by atoms with Crippen LogP contribution in [-0.4, -0.2) is 67.1 Å². The summed E-state index contributed by atoms with van der Waals surface area (Å²) in [4.78, 5) is 16.6. The SMILES string of the molecule is CN(C(=O)NCCc1ccc2c(c1)OCCO2)C1CCCN(c2cccnn2)C1. The first-order valence-corrected chi connectivity index (χ1v) is 10.1. The van der Waals surface area contributed by atoms with E-state index in [0.717, 1.165) is 55.2 Å². The number of likely N-dealkylation sites (N-methyl/N-ethyl adjacent to an activating group) is 1. The van der Waals surface area contributed by atoms with Crippen LogP contribution < -0.4 is 19.7 Å². The fourth-order valence-electron chi connectivity index (χ4n) is 3.79. The quantitative estimate of drug-likeness (QED) is 0.832. The summed E-state index contributed by atoms with van der Waals surface area (Å²) in [6.07, 6.45) is 4.43. The maximum Gasteiger partial charge on any atom is 0.317 e. The van der Waals surface area contributed by atoms with Crippen molar-refractivity contribution in [3.63, 3.8) is 0 Å². The summed E-state index contributed by atoms with van der Waals surface area (Å²) in [5, 5.41) is 11.2. The van der Waals surface area contributed by atoms with Crippen LogP contribution in [0.1, 0.15) is 18.4 Å². The number of anilines is 1. The summed E-state index contributed by atoms with van der Waals surface area (Å²) >= 11 is 0. The molecular formula is C21H27N5O3. The predicted molar refractivity (Wildman–Crippen MR) is 110 cm³/mol. The van der Waals surface area contributed by atoms with Crippen molar-refractivity contribution in [3.05, 3.63) is 42.1 Å². The van der Waals surface area contributed by atoms with E-state index in [4.69, 9.17) is 9.47 Å². The summed E-state index contributed by atoms with van der Waals surface area (Å²) < 4.78 is 11.2. The highest BCUT2D eigenvalue weighted by molar-refractivity contribution is 5.74. The lowest BCUT2D eigenvalue weighted by atomic mass is 10.0. The van der Waals surface area contributed by atoms with E-state index in [0.29, 0.717) is 19.8 Å². The summed E-state index contributed by atoms with van der Waals surface area (Å²) in [5.74, 6) is 2.43. The molecule has 8 nitrogen and oxygen atoms in total. The Labute approximate surface area is 170 Å². The topological polar surface area (TPSA) is 79.8 Å². The minimum atomic E-state index is -0.0476. The number of fused-ring (bicyclic) bond motifs is 1. The van der Waals surface area contributed by atoms with Crippen molar-refractivity contribution in [1.29, 1.82) is 0 Å². The van der Waals surface area contributed by atoms with Crippen LogP contribution in [0, 0.1) is 0 Å². The molecule has 4 rings (SSSR count). The molecule has 1 unspecified atom stereocenters. The van der Waals surface area contributed by atoms with E-state index < -0.39 is 0 Å². The molecule has 0 bridgehead atoms. The number of carbonyl (C=O) groups is 1. The number of hydrogen-bond acceptors (Lipinski definition) is 6. The van der Waals surface area contributed by atoms with Gasteiger partial charge in [-0.2, -0.15) is 5.10 Å². The molecule has 8 heteroatoms. The molecule has 2 aliphatic rings. The lowest BCUT2D eigenvalue weighted by molar-refractivity contribution is 0.171. The van der Waals surface area contributed by atoms with E-state index in [1.807, 2.05) is 42.3 Å². The monoisotopic (exact) mass is 397 g/mol. The van der Waals surface area contributed by atoms with Crippen molar-refractivity contribution in [2.24, 2.45) is 0 Å². The standard InChI is InChI=1S/C21H27N5O3/c1-25(17-4-3-11-26(15-17)20-5-2-9-23-24-20)21(27)22-10-8-16-6-7-18-19(14-16)29-13-12-28-18/h2,5-7,9,14,17H,3-4,8,10-13,15H2,1H3,(H,22,27). The zero-order chi connectivity index (χ0) is 20.1. The van der Waals surface area contributed by atoms with Gasteiger partial charge in [0, 0.05) is 32.9 Å². The normalized spacial score (nSPS) is 18.2. The van der Waals surface area contributed by atoms with E-state index in [-0.39, 0.29) is 12.1 Å². The molecule has 1 atom stereocenters. The van der Waals surface area contributed by atoms with Crippen molar-refractivity contribution in [3.8, 4) is 11.5 Å². The molecule has 29 heavy (non-hydrogen) atoms. The Balaban J connectivity index is 1.27. The van der Waals surface area contributed by atoms with E-state index >= 15 is 0 Å². The fraction of sp³-hybridized carbons (Fsp3) is 0.476. The molecule has 2 amide bonds. The third-order valence-electron chi connectivity index (χ3n) is 5.44. The molecular weight excluding hydrogens is 370 g/mol. The number of hydrogen-bond donors (Lipinski definition) is 1. The molecule has 2 aliphatic heterocycles. The first kappa shape index (κ1) is 19.3. The Morgan fingerprint density at radius 1 is 1.28 bits per heavy atom. The number of nitrogens with zero attached hydrogens (tertiary/aromatic N) is 4. The van der Waals surface area contributed by atoms with Gasteiger partial charge in [-0.15, -0.1) is 5.10 Å². The van der Waals surface area contributed by atoms with Gasteiger partial charge < -0.3 is 24.6 Å². The molecule has 1 aromatic heterocycles. The highest BCUT2D eigenvalue weighted by atomic mass is 16.6. The molecule has 0 spiro atoms. The first-order valence-electron chi connectivity index (χ1n) is 10.1. The predicted octanol–water partition coefficient (Wildman–Crippen LogP) is 2.10.